The zero-order valence-electron chi connectivity index (χ0n) is 24.1. The number of amides is 1. The summed E-state index contributed by atoms with van der Waals surface area (Å²) >= 11 is 0. The molecule has 0 spiro atoms. The van der Waals surface area contributed by atoms with Crippen LogP contribution in [0.5, 0.6) is 5.75 Å². The van der Waals surface area contributed by atoms with Crippen molar-refractivity contribution in [2.75, 3.05) is 7.11 Å². The van der Waals surface area contributed by atoms with E-state index >= 15 is 0 Å². The quantitative estimate of drug-likeness (QED) is 0.209. The van der Waals surface area contributed by atoms with Crippen LogP contribution in [0, 0.1) is 0 Å². The molecule has 0 fully saturated rings. The fraction of sp³-hybridized carbons (Fsp3) is 0.303. The number of carbonyl (C=O) groups is 1. The second-order valence-electron chi connectivity index (χ2n) is 11.2. The summed E-state index contributed by atoms with van der Waals surface area (Å²) in [4.78, 5) is 16.4. The van der Waals surface area contributed by atoms with E-state index in [1.165, 1.54) is 5.56 Å². The molecule has 2 heterocycles. The van der Waals surface area contributed by atoms with Gasteiger partial charge < -0.3 is 24.3 Å². The van der Waals surface area contributed by atoms with Crippen LogP contribution in [-0.2, 0) is 30.5 Å². The Labute approximate surface area is 240 Å². The Bertz CT molecular complexity index is 1580. The van der Waals surface area contributed by atoms with Crippen LogP contribution in [0.15, 0.2) is 85.1 Å². The number of methoxy groups -OCH3 is 1. The Morgan fingerprint density at radius 2 is 1.66 bits per heavy atom. The molecule has 0 bridgehead atoms. The van der Waals surface area contributed by atoms with Gasteiger partial charge in [-0.05, 0) is 62.1 Å². The highest BCUT2D eigenvalue weighted by Gasteiger charge is 2.27. The van der Waals surface area contributed by atoms with Crippen molar-refractivity contribution in [3.05, 3.63) is 113 Å². The average molecular weight is 552 g/mol. The smallest absolute Gasteiger partial charge is 0.408 e. The summed E-state index contributed by atoms with van der Waals surface area (Å²) in [7, 11) is 1.66. The van der Waals surface area contributed by atoms with Gasteiger partial charge in [0, 0.05) is 29.9 Å². The number of aryl methyl sites for hydroxylation is 2. The van der Waals surface area contributed by atoms with E-state index in [4.69, 9.17) is 9.47 Å². The maximum atomic E-state index is 13.1. The highest BCUT2D eigenvalue weighted by Crippen LogP contribution is 2.26. The number of ether oxygens (including phenoxy) is 2. The summed E-state index contributed by atoms with van der Waals surface area (Å²) in [5, 5.41) is 13.5. The number of hydrogen-bond acceptors (Lipinski definition) is 5. The molecule has 0 radical (unpaired) electrons. The van der Waals surface area contributed by atoms with Crippen molar-refractivity contribution in [2.45, 2.75) is 58.2 Å². The molecule has 2 N–H and O–H groups in total. The summed E-state index contributed by atoms with van der Waals surface area (Å²) < 4.78 is 13.1. The molecule has 2 aromatic heterocycles. The van der Waals surface area contributed by atoms with Crippen molar-refractivity contribution < 1.29 is 14.3 Å². The Kier molecular flexibility index (Phi) is 8.38. The van der Waals surface area contributed by atoms with E-state index in [0.717, 1.165) is 40.0 Å². The molecule has 1 unspecified atom stereocenters. The number of fused-ring (bicyclic) bond motifs is 1. The van der Waals surface area contributed by atoms with Crippen molar-refractivity contribution in [1.29, 1.82) is 0 Å². The second kappa shape index (κ2) is 12.3. The highest BCUT2D eigenvalue weighted by molar-refractivity contribution is 5.83. The van der Waals surface area contributed by atoms with Gasteiger partial charge in [0.2, 0.25) is 0 Å². The van der Waals surface area contributed by atoms with E-state index < -0.39 is 17.7 Å². The largest absolute Gasteiger partial charge is 0.497 e. The molecule has 5 rings (SSSR count). The predicted molar refractivity (Wildman–Crippen MR) is 160 cm³/mol. The maximum absolute atomic E-state index is 13.1. The topological polar surface area (TPSA) is 94.1 Å². The van der Waals surface area contributed by atoms with E-state index in [1.807, 2.05) is 87.6 Å². The van der Waals surface area contributed by atoms with Gasteiger partial charge in [0.15, 0.2) is 5.82 Å². The zero-order chi connectivity index (χ0) is 28.8. The van der Waals surface area contributed by atoms with Crippen LogP contribution in [0.1, 0.15) is 55.2 Å². The monoisotopic (exact) mass is 551 g/mol. The first kappa shape index (κ1) is 28.0. The number of benzene rings is 3. The van der Waals surface area contributed by atoms with Gasteiger partial charge in [-0.25, -0.2) is 4.79 Å². The van der Waals surface area contributed by atoms with Crippen LogP contribution in [0.4, 0.5) is 4.79 Å². The van der Waals surface area contributed by atoms with Crippen molar-refractivity contribution in [2.24, 2.45) is 0 Å². The maximum Gasteiger partial charge on any atom is 0.408 e. The van der Waals surface area contributed by atoms with Crippen LogP contribution >= 0.6 is 0 Å². The first-order valence-corrected chi connectivity index (χ1v) is 13.9. The van der Waals surface area contributed by atoms with Gasteiger partial charge in [-0.3, -0.25) is 0 Å². The van der Waals surface area contributed by atoms with Crippen LogP contribution in [0.3, 0.4) is 0 Å². The zero-order valence-corrected chi connectivity index (χ0v) is 24.1. The first-order valence-electron chi connectivity index (χ1n) is 13.9. The average Bonchev–Trinajstić information content (AvgIpc) is 3.55. The Morgan fingerprint density at radius 3 is 2.39 bits per heavy atom. The molecule has 5 aromatic rings. The number of rotatable bonds is 10. The van der Waals surface area contributed by atoms with Gasteiger partial charge in [-0.2, -0.15) is 0 Å². The molecule has 0 aliphatic rings. The number of H-pyrrole nitrogens is 1. The lowest BCUT2D eigenvalue weighted by molar-refractivity contribution is 0.0500. The van der Waals surface area contributed by atoms with Crippen LogP contribution in [0.2, 0.25) is 0 Å². The molecule has 8 heteroatoms. The highest BCUT2D eigenvalue weighted by atomic mass is 16.6. The third kappa shape index (κ3) is 7.14. The molecular weight excluding hydrogens is 514 g/mol. The van der Waals surface area contributed by atoms with Gasteiger partial charge >= 0.3 is 6.09 Å². The van der Waals surface area contributed by atoms with Crippen LogP contribution in [0.25, 0.3) is 10.9 Å². The fourth-order valence-electron chi connectivity index (χ4n) is 4.96. The number of nitrogens with zero attached hydrogens (tertiary/aromatic N) is 3. The van der Waals surface area contributed by atoms with E-state index in [1.54, 1.807) is 7.11 Å². The minimum Gasteiger partial charge on any atom is -0.497 e. The second-order valence-corrected chi connectivity index (χ2v) is 11.2. The summed E-state index contributed by atoms with van der Waals surface area (Å²) in [6.45, 7) is 6.12. The van der Waals surface area contributed by atoms with Gasteiger partial charge in [0.1, 0.15) is 17.2 Å². The third-order valence-electron chi connectivity index (χ3n) is 6.94. The molecule has 8 nitrogen and oxygen atoms in total. The molecule has 41 heavy (non-hydrogen) atoms. The van der Waals surface area contributed by atoms with E-state index in [-0.39, 0.29) is 0 Å². The van der Waals surface area contributed by atoms with Gasteiger partial charge in [0.05, 0.1) is 19.7 Å². The van der Waals surface area contributed by atoms with Gasteiger partial charge in [0.25, 0.3) is 0 Å². The fourth-order valence-corrected chi connectivity index (χ4v) is 4.96. The Hall–Kier alpha value is -4.59. The number of carbonyl (C=O) groups excluding carboxylic acids is 1. The summed E-state index contributed by atoms with van der Waals surface area (Å²) in [5.41, 5.74) is 3.80. The van der Waals surface area contributed by atoms with Gasteiger partial charge in [-0.1, -0.05) is 60.7 Å². The lowest BCUT2D eigenvalue weighted by Gasteiger charge is -2.24. The summed E-state index contributed by atoms with van der Waals surface area (Å²) in [6, 6.07) is 26.0. The Morgan fingerprint density at radius 1 is 0.927 bits per heavy atom. The van der Waals surface area contributed by atoms with Gasteiger partial charge in [-0.15, -0.1) is 10.2 Å². The lowest BCUT2D eigenvalue weighted by atomic mass is 10.0. The van der Waals surface area contributed by atoms with Crippen LogP contribution < -0.4 is 10.1 Å². The van der Waals surface area contributed by atoms with Crippen LogP contribution in [-0.4, -0.2) is 38.6 Å². The standard InChI is InChI=1S/C33H37N5O3/c1-33(2,3)41-32(39)35-29(20-25-21-34-28-13-9-8-12-27(25)28)31-37-36-30(19-16-23-10-6-5-7-11-23)38(31)22-24-14-17-26(40-4)18-15-24/h5-15,17-18,21,29,34H,16,19-20,22H2,1-4H3,(H,35,39). The molecular formula is C33H37N5O3. The summed E-state index contributed by atoms with van der Waals surface area (Å²) in [5.74, 6) is 2.33. The number of hydrogen-bond donors (Lipinski definition) is 2. The van der Waals surface area contributed by atoms with Crippen molar-refractivity contribution in [3.63, 3.8) is 0 Å². The van der Waals surface area contributed by atoms with E-state index in [2.05, 4.69) is 43.3 Å². The third-order valence-corrected chi connectivity index (χ3v) is 6.94. The number of nitrogens with one attached hydrogen (secondary N) is 2. The minimum absolute atomic E-state index is 0.472. The number of aromatic amines is 1. The molecule has 1 amide bonds. The molecule has 0 saturated heterocycles. The number of para-hydroxylation sites is 1. The lowest BCUT2D eigenvalue weighted by Crippen LogP contribution is -2.37. The van der Waals surface area contributed by atoms with Crippen molar-refractivity contribution >= 4 is 17.0 Å². The first-order chi connectivity index (χ1) is 19.8. The predicted octanol–water partition coefficient (Wildman–Crippen LogP) is 6.41. The van der Waals surface area contributed by atoms with Crippen molar-refractivity contribution in [1.82, 2.24) is 25.1 Å². The molecule has 0 aliphatic carbocycles. The Balaban J connectivity index is 1.52. The minimum atomic E-state index is -0.632. The molecule has 3 aromatic carbocycles. The SMILES string of the molecule is COc1ccc(Cn2c(CCc3ccccc3)nnc2C(Cc2c[nH]c3ccccc23)NC(=O)OC(C)(C)C)cc1. The molecule has 0 saturated carbocycles. The number of alkyl carbamates (subject to hydrolysis) is 1. The summed E-state index contributed by atoms with van der Waals surface area (Å²) in [6.07, 6.45) is 3.55. The number of aromatic nitrogens is 4. The van der Waals surface area contributed by atoms with E-state index in [9.17, 15) is 4.79 Å². The molecule has 0 aliphatic heterocycles. The van der Waals surface area contributed by atoms with E-state index in [0.29, 0.717) is 25.2 Å². The normalized spacial score (nSPS) is 12.3. The van der Waals surface area contributed by atoms with Crippen molar-refractivity contribution in [3.8, 4) is 5.75 Å². The molecule has 1 atom stereocenters. The molecule has 212 valence electrons.